The van der Waals surface area contributed by atoms with Crippen LogP contribution in [0.25, 0.3) is 28.3 Å². The molecule has 0 radical (unpaired) electrons. The molecule has 1 amide bonds. The van der Waals surface area contributed by atoms with Crippen molar-refractivity contribution in [3.63, 3.8) is 0 Å². The predicted molar refractivity (Wildman–Crippen MR) is 175 cm³/mol. The number of fused-ring (bicyclic) bond motifs is 3. The van der Waals surface area contributed by atoms with Crippen LogP contribution in [-0.4, -0.2) is 98.5 Å². The van der Waals surface area contributed by atoms with Gasteiger partial charge in [-0.15, -0.1) is 5.10 Å². The van der Waals surface area contributed by atoms with Gasteiger partial charge in [0.15, 0.2) is 22.6 Å². The number of nitrogen functional groups attached to an aromatic ring is 1. The van der Waals surface area contributed by atoms with E-state index in [4.69, 9.17) is 20.0 Å². The first kappa shape index (κ1) is 29.3. The highest BCUT2D eigenvalue weighted by molar-refractivity contribution is 5.94. The number of hydrogen-bond acceptors (Lipinski definition) is 10. The Morgan fingerprint density at radius 1 is 0.978 bits per heavy atom. The minimum Gasteiger partial charge on any atom is -0.492 e. The highest BCUT2D eigenvalue weighted by Crippen LogP contribution is 2.33. The topological polar surface area (TPSA) is 136 Å². The molecule has 2 N–H and O–H groups in total. The molecule has 0 aliphatic carbocycles. The molecule has 4 aromatic heterocycles. The van der Waals surface area contributed by atoms with E-state index in [1.165, 1.54) is 4.52 Å². The lowest BCUT2D eigenvalue weighted by Crippen LogP contribution is -2.56. The van der Waals surface area contributed by atoms with Crippen LogP contribution in [0.15, 0.2) is 83.6 Å². The number of ether oxygens (including phenoxy) is 1. The minimum absolute atomic E-state index is 0.0778. The average Bonchev–Trinajstić information content (AvgIpc) is 3.85. The summed E-state index contributed by atoms with van der Waals surface area (Å²) in [5.74, 6) is 1.78. The van der Waals surface area contributed by atoms with Crippen LogP contribution in [-0.2, 0) is 10.3 Å². The third kappa shape index (κ3) is 5.17. The van der Waals surface area contributed by atoms with Gasteiger partial charge >= 0.3 is 0 Å². The molecule has 1 saturated heterocycles. The van der Waals surface area contributed by atoms with Crippen LogP contribution in [0.4, 0.5) is 11.6 Å². The van der Waals surface area contributed by atoms with E-state index in [1.807, 2.05) is 68.4 Å². The smallest absolute Gasteiger partial charge is 0.255 e. The van der Waals surface area contributed by atoms with Crippen molar-refractivity contribution >= 4 is 34.2 Å². The zero-order valence-electron chi connectivity index (χ0n) is 26.1. The maximum absolute atomic E-state index is 14.6. The number of aromatic nitrogens is 6. The summed E-state index contributed by atoms with van der Waals surface area (Å²) >= 11 is 0. The van der Waals surface area contributed by atoms with Crippen molar-refractivity contribution in [2.45, 2.75) is 12.5 Å². The van der Waals surface area contributed by atoms with Crippen LogP contribution in [0, 0.1) is 0 Å². The molecule has 6 aromatic rings. The Bertz CT molecular complexity index is 1960. The summed E-state index contributed by atoms with van der Waals surface area (Å²) in [5, 5.41) is 9.86. The first-order valence-corrected chi connectivity index (χ1v) is 15.2. The van der Waals surface area contributed by atoms with Crippen molar-refractivity contribution in [1.82, 2.24) is 39.2 Å². The predicted octanol–water partition coefficient (Wildman–Crippen LogP) is 3.37. The van der Waals surface area contributed by atoms with Crippen LogP contribution >= 0.6 is 0 Å². The number of piperazine rings is 1. The number of carbonyl (C=O) groups excluding carboxylic acids is 1. The SMILES string of the molecule is CN(C)CCOc1ccc(N2CCN(C(=O)C(C)(c3ccccc3)n3ncc4c3nc(N)n3nc(-c5ccco5)nc43)CC2)cc1. The molecule has 13 nitrogen and oxygen atoms in total. The standard InChI is InChI=1S/C33H36N10O3/c1-33(23-8-5-4-6-9-23,31(44)41-17-15-40(16-18-41)24-11-13-25(14-12-24)45-21-19-39(2)3)43-30-26(22-35-43)29-36-28(27-10-7-20-46-27)38-42(29)32(34)37-30/h4-14,20,22H,15-19,21H2,1-3H3,(H2,34,37). The highest BCUT2D eigenvalue weighted by Gasteiger charge is 2.43. The maximum atomic E-state index is 14.6. The van der Waals surface area contributed by atoms with Crippen LogP contribution in [0.1, 0.15) is 12.5 Å². The Morgan fingerprint density at radius 2 is 1.74 bits per heavy atom. The number of hydrogen-bond donors (Lipinski definition) is 1. The lowest BCUT2D eigenvalue weighted by molar-refractivity contribution is -0.138. The van der Waals surface area contributed by atoms with Crippen LogP contribution in [0.3, 0.4) is 0 Å². The Balaban J connectivity index is 1.17. The quantitative estimate of drug-likeness (QED) is 0.256. The van der Waals surface area contributed by atoms with E-state index in [0.717, 1.165) is 23.5 Å². The summed E-state index contributed by atoms with van der Waals surface area (Å²) in [6.45, 7) is 5.87. The molecule has 1 aliphatic heterocycles. The third-order valence-electron chi connectivity index (χ3n) is 8.52. The van der Waals surface area contributed by atoms with E-state index in [9.17, 15) is 4.79 Å². The van der Waals surface area contributed by atoms with Crippen molar-refractivity contribution in [1.29, 1.82) is 0 Å². The average molecular weight is 621 g/mol. The Morgan fingerprint density at radius 3 is 2.43 bits per heavy atom. The van der Waals surface area contributed by atoms with Gasteiger partial charge in [0.25, 0.3) is 5.91 Å². The number of likely N-dealkylation sites (N-methyl/N-ethyl adjacent to an activating group) is 1. The second-order valence-corrected chi connectivity index (χ2v) is 11.8. The Kier molecular flexibility index (Phi) is 7.53. The highest BCUT2D eigenvalue weighted by atomic mass is 16.5. The van der Waals surface area contributed by atoms with Gasteiger partial charge < -0.3 is 29.6 Å². The van der Waals surface area contributed by atoms with Gasteiger partial charge in [0.1, 0.15) is 12.4 Å². The molecule has 1 fully saturated rings. The van der Waals surface area contributed by atoms with Crippen LogP contribution in [0.5, 0.6) is 5.75 Å². The molecule has 2 aromatic carbocycles. The van der Waals surface area contributed by atoms with Crippen molar-refractivity contribution < 1.29 is 13.9 Å². The van der Waals surface area contributed by atoms with Gasteiger partial charge in [-0.1, -0.05) is 30.3 Å². The molecule has 1 unspecified atom stereocenters. The van der Waals surface area contributed by atoms with Gasteiger partial charge in [-0.2, -0.15) is 14.6 Å². The van der Waals surface area contributed by atoms with E-state index in [-0.39, 0.29) is 11.9 Å². The first-order valence-electron chi connectivity index (χ1n) is 15.2. The molecule has 1 atom stereocenters. The van der Waals surface area contributed by atoms with Gasteiger partial charge in [0.05, 0.1) is 17.8 Å². The van der Waals surface area contributed by atoms with Gasteiger partial charge in [-0.25, -0.2) is 9.67 Å². The largest absolute Gasteiger partial charge is 0.492 e. The number of carbonyl (C=O) groups is 1. The molecule has 5 heterocycles. The number of benzene rings is 2. The van der Waals surface area contributed by atoms with Gasteiger partial charge in [-0.05, 0) is 63.0 Å². The fraction of sp³-hybridized carbons (Fsp3) is 0.303. The van der Waals surface area contributed by atoms with E-state index in [1.54, 1.807) is 29.3 Å². The summed E-state index contributed by atoms with van der Waals surface area (Å²) in [6.07, 6.45) is 3.23. The fourth-order valence-corrected chi connectivity index (χ4v) is 5.92. The van der Waals surface area contributed by atoms with Gasteiger partial charge in [0, 0.05) is 38.4 Å². The van der Waals surface area contributed by atoms with E-state index in [2.05, 4.69) is 37.0 Å². The minimum atomic E-state index is -1.21. The van der Waals surface area contributed by atoms with Crippen molar-refractivity contribution in [2.75, 3.05) is 64.1 Å². The summed E-state index contributed by atoms with van der Waals surface area (Å²) in [5.41, 5.74) is 7.99. The molecule has 7 rings (SSSR count). The van der Waals surface area contributed by atoms with Crippen molar-refractivity contribution in [2.24, 2.45) is 0 Å². The van der Waals surface area contributed by atoms with Crippen LogP contribution < -0.4 is 15.4 Å². The maximum Gasteiger partial charge on any atom is 0.255 e. The summed E-state index contributed by atoms with van der Waals surface area (Å²) < 4.78 is 14.5. The number of rotatable bonds is 9. The van der Waals surface area contributed by atoms with E-state index in [0.29, 0.717) is 61.1 Å². The monoisotopic (exact) mass is 620 g/mol. The molecule has 13 heteroatoms. The summed E-state index contributed by atoms with van der Waals surface area (Å²) in [6, 6.07) is 21.4. The van der Waals surface area contributed by atoms with Crippen LogP contribution in [0.2, 0.25) is 0 Å². The zero-order chi connectivity index (χ0) is 31.8. The lowest BCUT2D eigenvalue weighted by atomic mass is 9.90. The molecular formula is C33H36N10O3. The van der Waals surface area contributed by atoms with Gasteiger partial charge in [-0.3, -0.25) is 4.79 Å². The second kappa shape index (κ2) is 11.8. The van der Waals surface area contributed by atoms with E-state index >= 15 is 0 Å². The Hall–Kier alpha value is -5.43. The van der Waals surface area contributed by atoms with Gasteiger partial charge in [0.2, 0.25) is 11.8 Å². The molecule has 0 spiro atoms. The Labute approximate surface area is 265 Å². The number of anilines is 2. The molecule has 0 saturated carbocycles. The number of nitrogens with two attached hydrogens (primary N) is 1. The molecule has 0 bridgehead atoms. The zero-order valence-corrected chi connectivity index (χ0v) is 26.1. The molecule has 236 valence electrons. The first-order chi connectivity index (χ1) is 22.3. The fourth-order valence-electron chi connectivity index (χ4n) is 5.92. The molecular weight excluding hydrogens is 584 g/mol. The third-order valence-corrected chi connectivity index (χ3v) is 8.52. The summed E-state index contributed by atoms with van der Waals surface area (Å²) in [4.78, 5) is 30.3. The number of amides is 1. The normalized spacial score (nSPS) is 15.1. The van der Waals surface area contributed by atoms with E-state index < -0.39 is 5.54 Å². The second-order valence-electron chi connectivity index (χ2n) is 11.8. The number of nitrogens with zero attached hydrogens (tertiary/aromatic N) is 9. The molecule has 46 heavy (non-hydrogen) atoms. The number of furan rings is 1. The van der Waals surface area contributed by atoms with Crippen molar-refractivity contribution in [3.8, 4) is 17.3 Å². The summed E-state index contributed by atoms with van der Waals surface area (Å²) in [7, 11) is 4.05. The van der Waals surface area contributed by atoms with Crippen molar-refractivity contribution in [3.05, 3.63) is 84.8 Å². The molecule has 1 aliphatic rings. The lowest BCUT2D eigenvalue weighted by Gasteiger charge is -2.40.